The summed E-state index contributed by atoms with van der Waals surface area (Å²) in [6, 6.07) is 13.6. The maximum atomic E-state index is 13.3. The predicted octanol–water partition coefficient (Wildman–Crippen LogP) is 3.06. The molecule has 2 atom stereocenters. The van der Waals surface area contributed by atoms with Gasteiger partial charge in [0.1, 0.15) is 11.5 Å². The van der Waals surface area contributed by atoms with Gasteiger partial charge >= 0.3 is 0 Å². The first-order valence-corrected chi connectivity index (χ1v) is 13.5. The van der Waals surface area contributed by atoms with Crippen LogP contribution in [0, 0.1) is 13.8 Å². The van der Waals surface area contributed by atoms with Crippen LogP contribution < -0.4 is 10.1 Å². The van der Waals surface area contributed by atoms with E-state index in [2.05, 4.69) is 25.5 Å². The largest absolute Gasteiger partial charge is 0.481 e. The highest BCUT2D eigenvalue weighted by molar-refractivity contribution is 7.89. The Morgan fingerprint density at radius 2 is 1.87 bits per heavy atom. The van der Waals surface area contributed by atoms with Crippen LogP contribution in [0.1, 0.15) is 17.9 Å². The van der Waals surface area contributed by atoms with Crippen LogP contribution >= 0.6 is 0 Å². The number of β-amino-alcohol motifs (C(OH)–C–C–N with tert-alkyl or cyclic N) is 1. The third-order valence-electron chi connectivity index (χ3n) is 6.37. The third-order valence-corrected chi connectivity index (χ3v) is 8.25. The van der Waals surface area contributed by atoms with Gasteiger partial charge in [-0.2, -0.15) is 4.31 Å². The van der Waals surface area contributed by atoms with Gasteiger partial charge in [-0.15, -0.1) is 10.2 Å². The van der Waals surface area contributed by atoms with Crippen LogP contribution in [0.5, 0.6) is 5.88 Å². The first-order valence-electron chi connectivity index (χ1n) is 12.1. The molecule has 5 rings (SSSR count). The molecule has 11 nitrogen and oxygen atoms in total. The van der Waals surface area contributed by atoms with Crippen LogP contribution in [0.25, 0.3) is 22.7 Å². The van der Waals surface area contributed by atoms with Gasteiger partial charge in [-0.1, -0.05) is 18.2 Å². The highest BCUT2D eigenvalue weighted by Crippen LogP contribution is 2.30. The zero-order valence-electron chi connectivity index (χ0n) is 21.2. The van der Waals surface area contributed by atoms with Gasteiger partial charge in [0.15, 0.2) is 0 Å². The number of hydrogen-bond donors (Lipinski definition) is 2. The maximum Gasteiger partial charge on any atom is 0.266 e. The van der Waals surface area contributed by atoms with Gasteiger partial charge in [0.05, 0.1) is 24.2 Å². The van der Waals surface area contributed by atoms with Crippen molar-refractivity contribution in [1.82, 2.24) is 24.5 Å². The first kappa shape index (κ1) is 25.8. The lowest BCUT2D eigenvalue weighted by atomic mass is 10.0. The Morgan fingerprint density at radius 1 is 1.08 bits per heavy atom. The number of aliphatic hydroxyl groups excluding tert-OH is 1. The molecule has 0 aliphatic carbocycles. The number of nitrogens with one attached hydrogen (secondary N) is 1. The standard InChI is InChI=1S/C26H28N6O5S/c1-16-4-9-24(27-14-16)28-21-10-11-32(15-23(21)33)38(34,35)20-7-5-18(6-8-20)19-12-22(29-25(13-19)36-3)26-31-30-17(2)37-26/h4-9,12-14,21,23,33H,10-11,15H2,1-3H3,(H,27,28)/t21-,23+/m1/s1. The van der Waals surface area contributed by atoms with E-state index in [-0.39, 0.29) is 29.9 Å². The number of aromatic nitrogens is 4. The normalized spacial score (nSPS) is 18.3. The highest BCUT2D eigenvalue weighted by Gasteiger charge is 2.35. The summed E-state index contributed by atoms with van der Waals surface area (Å²) in [6.07, 6.45) is 1.31. The van der Waals surface area contributed by atoms with E-state index in [0.717, 1.165) is 16.7 Å². The molecule has 0 bridgehead atoms. The number of aliphatic hydroxyl groups is 1. The van der Waals surface area contributed by atoms with Crippen molar-refractivity contribution in [2.45, 2.75) is 37.3 Å². The number of piperidine rings is 1. The lowest BCUT2D eigenvalue weighted by Gasteiger charge is -2.35. The third kappa shape index (κ3) is 5.37. The second-order valence-corrected chi connectivity index (χ2v) is 11.1. The van der Waals surface area contributed by atoms with Crippen LogP contribution in [0.3, 0.4) is 0 Å². The SMILES string of the molecule is COc1cc(-c2ccc(S(=O)(=O)N3CC[C@@H](Nc4ccc(C)cn4)[C@@H](O)C3)cc2)cc(-c2nnc(C)o2)n1. The van der Waals surface area contributed by atoms with Crippen molar-refractivity contribution >= 4 is 15.8 Å². The van der Waals surface area contributed by atoms with E-state index in [1.807, 2.05) is 19.1 Å². The molecule has 1 fully saturated rings. The zero-order valence-corrected chi connectivity index (χ0v) is 22.0. The monoisotopic (exact) mass is 536 g/mol. The smallest absolute Gasteiger partial charge is 0.266 e. The number of benzene rings is 1. The molecule has 0 amide bonds. The van der Waals surface area contributed by atoms with Crippen LogP contribution in [0.15, 0.2) is 64.0 Å². The van der Waals surface area contributed by atoms with Crippen molar-refractivity contribution in [2.75, 3.05) is 25.5 Å². The number of sulfonamides is 1. The van der Waals surface area contributed by atoms with Crippen molar-refractivity contribution < 1.29 is 22.7 Å². The van der Waals surface area contributed by atoms with Gasteiger partial charge in [0.2, 0.25) is 21.8 Å². The summed E-state index contributed by atoms with van der Waals surface area (Å²) >= 11 is 0. The maximum absolute atomic E-state index is 13.3. The number of methoxy groups -OCH3 is 1. The minimum atomic E-state index is -3.80. The molecule has 4 heterocycles. The number of nitrogens with zero attached hydrogens (tertiary/aromatic N) is 5. The topological polar surface area (TPSA) is 144 Å². The van der Waals surface area contributed by atoms with Gasteiger partial charge in [-0.25, -0.2) is 18.4 Å². The Labute approximate surface area is 220 Å². The average molecular weight is 537 g/mol. The Morgan fingerprint density at radius 3 is 2.50 bits per heavy atom. The number of anilines is 1. The Kier molecular flexibility index (Phi) is 7.11. The van der Waals surface area contributed by atoms with Gasteiger partial charge < -0.3 is 19.6 Å². The molecule has 1 aliphatic rings. The molecule has 1 aliphatic heterocycles. The second-order valence-electron chi connectivity index (χ2n) is 9.12. The van der Waals surface area contributed by atoms with E-state index in [1.165, 1.54) is 11.4 Å². The summed E-state index contributed by atoms with van der Waals surface area (Å²) in [5.41, 5.74) is 2.99. The molecular weight excluding hydrogens is 508 g/mol. The van der Waals surface area contributed by atoms with Gasteiger partial charge in [0, 0.05) is 32.3 Å². The van der Waals surface area contributed by atoms with Crippen molar-refractivity contribution in [2.24, 2.45) is 0 Å². The van der Waals surface area contributed by atoms with E-state index >= 15 is 0 Å². The van der Waals surface area contributed by atoms with E-state index in [0.29, 0.717) is 29.7 Å². The van der Waals surface area contributed by atoms with Crippen molar-refractivity contribution in [3.63, 3.8) is 0 Å². The molecule has 3 aromatic heterocycles. The number of rotatable bonds is 7. The molecule has 0 spiro atoms. The van der Waals surface area contributed by atoms with Crippen molar-refractivity contribution in [3.8, 4) is 28.6 Å². The first-order chi connectivity index (χ1) is 18.2. The predicted molar refractivity (Wildman–Crippen MR) is 140 cm³/mol. The summed E-state index contributed by atoms with van der Waals surface area (Å²) in [7, 11) is -2.29. The molecule has 38 heavy (non-hydrogen) atoms. The van der Waals surface area contributed by atoms with Crippen LogP contribution in [-0.2, 0) is 10.0 Å². The van der Waals surface area contributed by atoms with Crippen LogP contribution in [0.4, 0.5) is 5.82 Å². The fourth-order valence-corrected chi connectivity index (χ4v) is 5.76. The van der Waals surface area contributed by atoms with Gasteiger partial charge in [-0.3, -0.25) is 0 Å². The minimum Gasteiger partial charge on any atom is -0.481 e. The van der Waals surface area contributed by atoms with E-state index in [9.17, 15) is 13.5 Å². The zero-order chi connectivity index (χ0) is 26.9. The number of aryl methyl sites for hydroxylation is 2. The van der Waals surface area contributed by atoms with Crippen molar-refractivity contribution in [1.29, 1.82) is 0 Å². The lowest BCUT2D eigenvalue weighted by molar-refractivity contribution is 0.0949. The molecular formula is C26H28N6O5S. The summed E-state index contributed by atoms with van der Waals surface area (Å²) in [4.78, 5) is 8.83. The molecule has 0 radical (unpaired) electrons. The fraction of sp³-hybridized carbons (Fsp3) is 0.308. The quantitative estimate of drug-likeness (QED) is 0.362. The van der Waals surface area contributed by atoms with Gasteiger partial charge in [0.25, 0.3) is 5.89 Å². The summed E-state index contributed by atoms with van der Waals surface area (Å²) in [5, 5.41) is 21.8. The fourth-order valence-electron chi connectivity index (χ4n) is 4.29. The molecule has 0 saturated carbocycles. The van der Waals surface area contributed by atoms with Crippen molar-refractivity contribution in [3.05, 3.63) is 66.2 Å². The molecule has 2 N–H and O–H groups in total. The molecule has 12 heteroatoms. The molecule has 198 valence electrons. The lowest BCUT2D eigenvalue weighted by Crippen LogP contribution is -2.51. The Balaban J connectivity index is 1.32. The number of hydrogen-bond acceptors (Lipinski definition) is 10. The molecule has 4 aromatic rings. The highest BCUT2D eigenvalue weighted by atomic mass is 32.2. The molecule has 0 unspecified atom stereocenters. The average Bonchev–Trinajstić information content (AvgIpc) is 3.37. The second kappa shape index (κ2) is 10.5. The molecule has 1 aromatic carbocycles. The number of pyridine rings is 2. The van der Waals surface area contributed by atoms with E-state index < -0.39 is 16.1 Å². The summed E-state index contributed by atoms with van der Waals surface area (Å²) in [5.74, 6) is 1.68. The Hall–Kier alpha value is -3.87. The summed E-state index contributed by atoms with van der Waals surface area (Å²) in [6.45, 7) is 3.90. The number of ether oxygens (including phenoxy) is 1. The van der Waals surface area contributed by atoms with Gasteiger partial charge in [-0.05, 0) is 54.3 Å². The van der Waals surface area contributed by atoms with Crippen LogP contribution in [-0.4, -0.2) is 70.3 Å². The minimum absolute atomic E-state index is 0.0118. The Bertz CT molecular complexity index is 1520. The molecule has 1 saturated heterocycles. The van der Waals surface area contributed by atoms with E-state index in [1.54, 1.807) is 49.5 Å². The van der Waals surface area contributed by atoms with Crippen LogP contribution in [0.2, 0.25) is 0 Å². The summed E-state index contributed by atoms with van der Waals surface area (Å²) < 4.78 is 38.8. The van der Waals surface area contributed by atoms with E-state index in [4.69, 9.17) is 9.15 Å².